The van der Waals surface area contributed by atoms with E-state index >= 15 is 0 Å². The average Bonchev–Trinajstić information content (AvgIpc) is 2.42. The molecule has 0 fully saturated rings. The minimum absolute atomic E-state index is 0.764. The number of rotatable bonds is 5. The number of pyridine rings is 1. The average molecular weight is 276 g/mol. The van der Waals surface area contributed by atoms with Crippen molar-refractivity contribution >= 4 is 17.4 Å². The second-order valence-electron chi connectivity index (χ2n) is 4.50. The van der Waals surface area contributed by atoms with Crippen LogP contribution in [0, 0.1) is 0 Å². The van der Waals surface area contributed by atoms with Crippen molar-refractivity contribution < 1.29 is 0 Å². The molecule has 0 aliphatic carbocycles. The fraction of sp³-hybridized carbons (Fsp3) is 0.267. The van der Waals surface area contributed by atoms with Gasteiger partial charge in [-0.3, -0.25) is 0 Å². The van der Waals surface area contributed by atoms with Gasteiger partial charge in [-0.15, -0.1) is 0 Å². The minimum atomic E-state index is 0.764. The first-order chi connectivity index (χ1) is 9.20. The summed E-state index contributed by atoms with van der Waals surface area (Å²) in [6, 6.07) is 12.0. The molecule has 0 spiro atoms. The minimum Gasteiger partial charge on any atom is -0.355 e. The zero-order chi connectivity index (χ0) is 13.7. The fourth-order valence-electron chi connectivity index (χ4n) is 2.04. The molecule has 0 atom stereocenters. The van der Waals surface area contributed by atoms with Crippen LogP contribution >= 0.6 is 11.6 Å². The summed E-state index contributed by atoms with van der Waals surface area (Å²) in [6.07, 6.45) is 1.83. The predicted molar refractivity (Wildman–Crippen MR) is 80.6 cm³/mol. The highest BCUT2D eigenvalue weighted by molar-refractivity contribution is 6.30. The maximum atomic E-state index is 5.90. The number of aromatic nitrogens is 1. The van der Waals surface area contributed by atoms with E-state index < -0.39 is 0 Å². The molecule has 1 aromatic carbocycles. The number of hydrogen-bond acceptors (Lipinski definition) is 3. The number of nitrogens with zero attached hydrogens (tertiary/aromatic N) is 2. The summed E-state index contributed by atoms with van der Waals surface area (Å²) in [5, 5.41) is 3.93. The van der Waals surface area contributed by atoms with Crippen LogP contribution in [0.1, 0.15) is 11.1 Å². The Balaban J connectivity index is 2.15. The van der Waals surface area contributed by atoms with Gasteiger partial charge in [0, 0.05) is 36.9 Å². The van der Waals surface area contributed by atoms with E-state index in [1.807, 2.05) is 43.6 Å². The number of nitrogens with one attached hydrogen (secondary N) is 1. The molecule has 0 aliphatic heterocycles. The van der Waals surface area contributed by atoms with E-state index in [0.717, 1.165) is 23.9 Å². The number of halogens is 1. The first kappa shape index (κ1) is 13.8. The summed E-state index contributed by atoms with van der Waals surface area (Å²) in [6.45, 7) is 1.62. The first-order valence-electron chi connectivity index (χ1n) is 6.25. The Hall–Kier alpha value is -1.58. The number of hydrogen-bond donors (Lipinski definition) is 1. The summed E-state index contributed by atoms with van der Waals surface area (Å²) in [7, 11) is 3.99. The molecule has 0 unspecified atom stereocenters. The Morgan fingerprint density at radius 1 is 1.21 bits per heavy atom. The van der Waals surface area contributed by atoms with Crippen LogP contribution in [-0.2, 0) is 13.1 Å². The second kappa shape index (κ2) is 6.55. The van der Waals surface area contributed by atoms with Crippen molar-refractivity contribution in [2.45, 2.75) is 13.1 Å². The summed E-state index contributed by atoms with van der Waals surface area (Å²) in [4.78, 5) is 6.62. The van der Waals surface area contributed by atoms with E-state index in [-0.39, 0.29) is 0 Å². The Kier molecular flexibility index (Phi) is 4.77. The van der Waals surface area contributed by atoms with Crippen LogP contribution in [-0.4, -0.2) is 19.1 Å². The molecule has 3 nitrogen and oxygen atoms in total. The zero-order valence-corrected chi connectivity index (χ0v) is 12.0. The SMILES string of the molecule is CNCc1cccnc1N(C)Cc1ccc(Cl)cc1. The topological polar surface area (TPSA) is 28.2 Å². The van der Waals surface area contributed by atoms with E-state index in [4.69, 9.17) is 11.6 Å². The van der Waals surface area contributed by atoms with E-state index in [1.165, 1.54) is 11.1 Å². The van der Waals surface area contributed by atoms with Crippen LogP contribution in [0.15, 0.2) is 42.6 Å². The van der Waals surface area contributed by atoms with E-state index in [0.29, 0.717) is 0 Å². The predicted octanol–water partition coefficient (Wildman–Crippen LogP) is 3.09. The molecular formula is C15H18ClN3. The smallest absolute Gasteiger partial charge is 0.133 e. The van der Waals surface area contributed by atoms with E-state index in [9.17, 15) is 0 Å². The lowest BCUT2D eigenvalue weighted by Crippen LogP contribution is -2.20. The largest absolute Gasteiger partial charge is 0.355 e. The van der Waals surface area contributed by atoms with Crippen LogP contribution in [0.2, 0.25) is 5.02 Å². The monoisotopic (exact) mass is 275 g/mol. The fourth-order valence-corrected chi connectivity index (χ4v) is 2.17. The lowest BCUT2D eigenvalue weighted by molar-refractivity contribution is 0.795. The highest BCUT2D eigenvalue weighted by Crippen LogP contribution is 2.18. The summed E-state index contributed by atoms with van der Waals surface area (Å²) in [5.41, 5.74) is 2.41. The molecule has 4 heteroatoms. The van der Waals surface area contributed by atoms with Gasteiger partial charge in [-0.05, 0) is 30.8 Å². The molecule has 100 valence electrons. The molecule has 0 aliphatic rings. The summed E-state index contributed by atoms with van der Waals surface area (Å²) < 4.78 is 0. The van der Waals surface area contributed by atoms with Gasteiger partial charge in [0.1, 0.15) is 5.82 Å². The molecule has 2 aromatic rings. The third-order valence-electron chi connectivity index (χ3n) is 2.93. The molecule has 1 aromatic heterocycles. The molecule has 0 amide bonds. The van der Waals surface area contributed by atoms with Gasteiger partial charge < -0.3 is 10.2 Å². The molecule has 2 rings (SSSR count). The van der Waals surface area contributed by atoms with Crippen molar-refractivity contribution in [2.24, 2.45) is 0 Å². The lowest BCUT2D eigenvalue weighted by atomic mass is 10.2. The van der Waals surface area contributed by atoms with Gasteiger partial charge in [-0.1, -0.05) is 29.8 Å². The number of anilines is 1. The standard InChI is InChI=1S/C15H18ClN3/c1-17-10-13-4-3-9-18-15(13)19(2)11-12-5-7-14(16)8-6-12/h3-9,17H,10-11H2,1-2H3. The van der Waals surface area contributed by atoms with Crippen LogP contribution < -0.4 is 10.2 Å². The van der Waals surface area contributed by atoms with Gasteiger partial charge in [-0.25, -0.2) is 4.98 Å². The normalized spacial score (nSPS) is 10.5. The van der Waals surface area contributed by atoms with E-state index in [1.54, 1.807) is 0 Å². The van der Waals surface area contributed by atoms with Gasteiger partial charge in [-0.2, -0.15) is 0 Å². The highest BCUT2D eigenvalue weighted by atomic mass is 35.5. The van der Waals surface area contributed by atoms with Crippen molar-refractivity contribution in [1.82, 2.24) is 10.3 Å². The van der Waals surface area contributed by atoms with Gasteiger partial charge in [0.15, 0.2) is 0 Å². The molecule has 1 N–H and O–H groups in total. The van der Waals surface area contributed by atoms with Gasteiger partial charge >= 0.3 is 0 Å². The summed E-state index contributed by atoms with van der Waals surface area (Å²) in [5.74, 6) is 1.01. The molecule has 1 heterocycles. The maximum absolute atomic E-state index is 5.90. The summed E-state index contributed by atoms with van der Waals surface area (Å²) >= 11 is 5.90. The zero-order valence-electron chi connectivity index (χ0n) is 11.2. The van der Waals surface area contributed by atoms with Crippen LogP contribution in [0.5, 0.6) is 0 Å². The quantitative estimate of drug-likeness (QED) is 0.909. The van der Waals surface area contributed by atoms with Gasteiger partial charge in [0.25, 0.3) is 0 Å². The molecular weight excluding hydrogens is 258 g/mol. The molecule has 0 bridgehead atoms. The molecule has 0 radical (unpaired) electrons. The first-order valence-corrected chi connectivity index (χ1v) is 6.62. The third-order valence-corrected chi connectivity index (χ3v) is 3.18. The maximum Gasteiger partial charge on any atom is 0.133 e. The van der Waals surface area contributed by atoms with Crippen LogP contribution in [0.3, 0.4) is 0 Å². The van der Waals surface area contributed by atoms with Crippen molar-refractivity contribution in [3.05, 3.63) is 58.7 Å². The third kappa shape index (κ3) is 3.69. The van der Waals surface area contributed by atoms with Gasteiger partial charge in [0.2, 0.25) is 0 Å². The van der Waals surface area contributed by atoms with Crippen molar-refractivity contribution in [1.29, 1.82) is 0 Å². The molecule has 19 heavy (non-hydrogen) atoms. The Morgan fingerprint density at radius 2 is 1.95 bits per heavy atom. The van der Waals surface area contributed by atoms with Crippen LogP contribution in [0.4, 0.5) is 5.82 Å². The van der Waals surface area contributed by atoms with Gasteiger partial charge in [0.05, 0.1) is 0 Å². The second-order valence-corrected chi connectivity index (χ2v) is 4.94. The Bertz CT molecular complexity index is 525. The van der Waals surface area contributed by atoms with Crippen molar-refractivity contribution in [3.63, 3.8) is 0 Å². The Morgan fingerprint density at radius 3 is 2.63 bits per heavy atom. The Labute approximate surface area is 119 Å². The van der Waals surface area contributed by atoms with Crippen LogP contribution in [0.25, 0.3) is 0 Å². The van der Waals surface area contributed by atoms with E-state index in [2.05, 4.69) is 28.3 Å². The lowest BCUT2D eigenvalue weighted by Gasteiger charge is -2.21. The molecule has 0 saturated heterocycles. The highest BCUT2D eigenvalue weighted by Gasteiger charge is 2.08. The van der Waals surface area contributed by atoms with Crippen molar-refractivity contribution in [2.75, 3.05) is 19.0 Å². The molecule has 0 saturated carbocycles. The number of benzene rings is 1. The van der Waals surface area contributed by atoms with Crippen molar-refractivity contribution in [3.8, 4) is 0 Å².